The molecule has 156 valence electrons. The molecule has 0 aromatic carbocycles. The fourth-order valence-electron chi connectivity index (χ4n) is 5.13. The minimum absolute atomic E-state index is 0.118. The van der Waals surface area contributed by atoms with Crippen LogP contribution in [0.2, 0.25) is 0 Å². The Bertz CT molecular complexity index is 764. The fourth-order valence-corrected chi connectivity index (χ4v) is 7.74. The summed E-state index contributed by atoms with van der Waals surface area (Å²) in [6, 6.07) is 3.97. The zero-order valence-corrected chi connectivity index (χ0v) is 17.9. The summed E-state index contributed by atoms with van der Waals surface area (Å²) in [6.45, 7) is 4.76. The molecule has 1 aromatic heterocycles. The molecule has 1 aromatic rings. The van der Waals surface area contributed by atoms with E-state index in [0.717, 1.165) is 58.0 Å². The SMILES string of the molecule is O=S(=O)(c1cccs1)N1CCC(N2CC(OCC3CC3)C23CCOCC3)CC1. The van der Waals surface area contributed by atoms with Gasteiger partial charge in [-0.05, 0) is 55.9 Å². The molecule has 0 bridgehead atoms. The Kier molecular flexibility index (Phi) is 5.30. The lowest BCUT2D eigenvalue weighted by Gasteiger charge is -2.63. The molecule has 4 aliphatic rings. The van der Waals surface area contributed by atoms with Crippen molar-refractivity contribution >= 4 is 21.4 Å². The standard InChI is InChI=1S/C20H30N2O4S2/c23-28(24,19-2-1-13-27-19)21-9-5-17(6-10-21)22-14-18(26-15-16-3-4-16)20(22)7-11-25-12-8-20/h1-2,13,16-18H,3-12,14-15H2. The van der Waals surface area contributed by atoms with E-state index in [9.17, 15) is 8.42 Å². The molecule has 8 heteroatoms. The summed E-state index contributed by atoms with van der Waals surface area (Å²) in [5.74, 6) is 0.789. The first-order valence-corrected chi connectivity index (χ1v) is 12.9. The van der Waals surface area contributed by atoms with E-state index in [1.165, 1.54) is 24.2 Å². The van der Waals surface area contributed by atoms with Crippen LogP contribution in [0.4, 0.5) is 0 Å². The van der Waals surface area contributed by atoms with Crippen LogP contribution in [0.5, 0.6) is 0 Å². The van der Waals surface area contributed by atoms with E-state index in [0.29, 0.717) is 29.4 Å². The van der Waals surface area contributed by atoms with Gasteiger partial charge in [-0.25, -0.2) is 8.42 Å². The van der Waals surface area contributed by atoms with Crippen LogP contribution in [0, 0.1) is 5.92 Å². The van der Waals surface area contributed by atoms with Crippen LogP contribution in [-0.2, 0) is 19.5 Å². The highest BCUT2D eigenvalue weighted by atomic mass is 32.2. The maximum absolute atomic E-state index is 12.8. The van der Waals surface area contributed by atoms with E-state index in [2.05, 4.69) is 4.90 Å². The molecule has 1 unspecified atom stereocenters. The van der Waals surface area contributed by atoms with Crippen molar-refractivity contribution in [2.75, 3.05) is 39.5 Å². The molecule has 6 nitrogen and oxygen atoms in total. The molecule has 4 heterocycles. The molecule has 0 amide bonds. The van der Waals surface area contributed by atoms with E-state index >= 15 is 0 Å². The van der Waals surface area contributed by atoms with Gasteiger partial charge >= 0.3 is 0 Å². The molecule has 5 rings (SSSR count). The predicted octanol–water partition coefficient (Wildman–Crippen LogP) is 2.56. The average Bonchev–Trinajstić information content (AvgIpc) is 3.37. The summed E-state index contributed by atoms with van der Waals surface area (Å²) in [7, 11) is -3.32. The van der Waals surface area contributed by atoms with Gasteiger partial charge in [0.25, 0.3) is 10.0 Å². The van der Waals surface area contributed by atoms with Gasteiger partial charge in [0.2, 0.25) is 0 Å². The van der Waals surface area contributed by atoms with Crippen LogP contribution in [0.1, 0.15) is 38.5 Å². The van der Waals surface area contributed by atoms with E-state index in [1.807, 2.05) is 5.38 Å². The van der Waals surface area contributed by atoms with Crippen LogP contribution < -0.4 is 0 Å². The molecule has 1 atom stereocenters. The Balaban J connectivity index is 1.23. The largest absolute Gasteiger partial charge is 0.381 e. The van der Waals surface area contributed by atoms with Crippen molar-refractivity contribution in [1.82, 2.24) is 9.21 Å². The molecule has 0 radical (unpaired) electrons. The number of hydrogen-bond acceptors (Lipinski definition) is 6. The third kappa shape index (κ3) is 3.46. The van der Waals surface area contributed by atoms with Crippen molar-refractivity contribution in [2.24, 2.45) is 5.92 Å². The van der Waals surface area contributed by atoms with Crippen LogP contribution >= 0.6 is 11.3 Å². The fraction of sp³-hybridized carbons (Fsp3) is 0.800. The normalized spacial score (nSPS) is 29.8. The summed E-state index contributed by atoms with van der Waals surface area (Å²) in [5, 5.41) is 1.83. The van der Waals surface area contributed by atoms with Crippen molar-refractivity contribution in [3.63, 3.8) is 0 Å². The lowest BCUT2D eigenvalue weighted by Crippen LogP contribution is -2.76. The van der Waals surface area contributed by atoms with Gasteiger partial charge in [0.15, 0.2) is 0 Å². The number of nitrogens with zero attached hydrogens (tertiary/aromatic N) is 2. The van der Waals surface area contributed by atoms with Crippen LogP contribution in [0.25, 0.3) is 0 Å². The molecule has 0 N–H and O–H groups in total. The van der Waals surface area contributed by atoms with E-state index in [1.54, 1.807) is 16.4 Å². The van der Waals surface area contributed by atoms with Gasteiger partial charge < -0.3 is 9.47 Å². The van der Waals surface area contributed by atoms with Crippen molar-refractivity contribution in [1.29, 1.82) is 0 Å². The zero-order chi connectivity index (χ0) is 19.2. The Morgan fingerprint density at radius 2 is 1.93 bits per heavy atom. The number of likely N-dealkylation sites (tertiary alicyclic amines) is 1. The minimum atomic E-state index is -3.32. The number of ether oxygens (including phenoxy) is 2. The summed E-state index contributed by atoms with van der Waals surface area (Å²) in [6.07, 6.45) is 6.86. The molecule has 28 heavy (non-hydrogen) atoms. The van der Waals surface area contributed by atoms with Gasteiger partial charge in [0.05, 0.1) is 11.6 Å². The molecule has 1 spiro atoms. The van der Waals surface area contributed by atoms with Crippen LogP contribution in [-0.4, -0.2) is 74.8 Å². The summed E-state index contributed by atoms with van der Waals surface area (Å²) in [5.41, 5.74) is 0.118. The molecular weight excluding hydrogens is 396 g/mol. The Hall–Kier alpha value is -0.510. The third-order valence-electron chi connectivity index (χ3n) is 7.08. The number of sulfonamides is 1. The van der Waals surface area contributed by atoms with Crippen molar-refractivity contribution < 1.29 is 17.9 Å². The van der Waals surface area contributed by atoms with E-state index in [-0.39, 0.29) is 5.54 Å². The number of thiophene rings is 1. The summed E-state index contributed by atoms with van der Waals surface area (Å²) < 4.78 is 39.7. The van der Waals surface area contributed by atoms with Crippen molar-refractivity contribution in [3.05, 3.63) is 17.5 Å². The second kappa shape index (κ2) is 7.63. The number of piperidine rings is 1. The van der Waals surface area contributed by atoms with Gasteiger partial charge in [-0.1, -0.05) is 6.07 Å². The highest BCUT2D eigenvalue weighted by Gasteiger charge is 2.57. The topological polar surface area (TPSA) is 59.1 Å². The van der Waals surface area contributed by atoms with Gasteiger partial charge in [0.1, 0.15) is 4.21 Å². The van der Waals surface area contributed by atoms with E-state index < -0.39 is 10.0 Å². The lowest BCUT2D eigenvalue weighted by atomic mass is 9.73. The van der Waals surface area contributed by atoms with E-state index in [4.69, 9.17) is 9.47 Å². The molecular formula is C20H30N2O4S2. The summed E-state index contributed by atoms with van der Waals surface area (Å²) in [4.78, 5) is 2.64. The monoisotopic (exact) mass is 426 g/mol. The van der Waals surface area contributed by atoms with Gasteiger partial charge in [-0.2, -0.15) is 4.31 Å². The van der Waals surface area contributed by atoms with Gasteiger partial charge in [-0.15, -0.1) is 11.3 Å². The third-order valence-corrected chi connectivity index (χ3v) is 10.3. The maximum Gasteiger partial charge on any atom is 0.252 e. The van der Waals surface area contributed by atoms with Crippen LogP contribution in [0.3, 0.4) is 0 Å². The molecule has 1 saturated carbocycles. The second-order valence-electron chi connectivity index (χ2n) is 8.70. The molecule has 3 saturated heterocycles. The number of hydrogen-bond donors (Lipinski definition) is 0. The van der Waals surface area contributed by atoms with Crippen LogP contribution in [0.15, 0.2) is 21.7 Å². The molecule has 3 aliphatic heterocycles. The first kappa shape index (κ1) is 19.5. The molecule has 1 aliphatic carbocycles. The lowest BCUT2D eigenvalue weighted by molar-refractivity contribution is -0.217. The maximum atomic E-state index is 12.8. The minimum Gasteiger partial charge on any atom is -0.381 e. The average molecular weight is 427 g/mol. The summed E-state index contributed by atoms with van der Waals surface area (Å²) >= 11 is 1.31. The highest BCUT2D eigenvalue weighted by Crippen LogP contribution is 2.45. The zero-order valence-electron chi connectivity index (χ0n) is 16.3. The molecule has 4 fully saturated rings. The Morgan fingerprint density at radius 1 is 1.18 bits per heavy atom. The quantitative estimate of drug-likeness (QED) is 0.700. The number of rotatable bonds is 6. The smallest absolute Gasteiger partial charge is 0.252 e. The predicted molar refractivity (Wildman–Crippen MR) is 108 cm³/mol. The van der Waals surface area contributed by atoms with Crippen molar-refractivity contribution in [3.8, 4) is 0 Å². The van der Waals surface area contributed by atoms with Gasteiger partial charge in [0, 0.05) is 45.5 Å². The van der Waals surface area contributed by atoms with Crippen molar-refractivity contribution in [2.45, 2.75) is 60.4 Å². The Labute approximate surface area is 171 Å². The van der Waals surface area contributed by atoms with Gasteiger partial charge in [-0.3, -0.25) is 4.90 Å². The second-order valence-corrected chi connectivity index (χ2v) is 11.8. The highest BCUT2D eigenvalue weighted by molar-refractivity contribution is 7.91. The first-order chi connectivity index (χ1) is 13.6. The first-order valence-electron chi connectivity index (χ1n) is 10.6. The Morgan fingerprint density at radius 3 is 2.57 bits per heavy atom.